The molecule has 0 aromatic heterocycles. The topological polar surface area (TPSA) is 26.0 Å². The molecule has 2 aliphatic carbocycles. The first-order chi connectivity index (χ1) is 7.69. The lowest BCUT2D eigenvalue weighted by Gasteiger charge is -2.22. The fourth-order valence-electron chi connectivity index (χ4n) is 2.86. The third kappa shape index (κ3) is 1.67. The molecule has 2 aliphatic rings. The van der Waals surface area contributed by atoms with Crippen molar-refractivity contribution in [3.8, 4) is 0 Å². The van der Waals surface area contributed by atoms with E-state index in [9.17, 15) is 0 Å². The highest BCUT2D eigenvalue weighted by Gasteiger charge is 2.43. The summed E-state index contributed by atoms with van der Waals surface area (Å²) in [6, 6.07) is 7.20. The Kier molecular flexibility index (Phi) is 2.32. The second-order valence-corrected chi connectivity index (χ2v) is 5.87. The molecule has 0 spiro atoms. The van der Waals surface area contributed by atoms with Crippen molar-refractivity contribution in [1.29, 1.82) is 0 Å². The van der Waals surface area contributed by atoms with E-state index < -0.39 is 0 Å². The number of hydrogen-bond acceptors (Lipinski definition) is 1. The number of fused-ring (bicyclic) bond motifs is 1. The summed E-state index contributed by atoms with van der Waals surface area (Å²) < 4.78 is 0. The zero-order valence-electron chi connectivity index (χ0n) is 10.1. The van der Waals surface area contributed by atoms with E-state index in [0.717, 1.165) is 0 Å². The molecule has 1 unspecified atom stereocenters. The van der Waals surface area contributed by atoms with Gasteiger partial charge in [0.2, 0.25) is 0 Å². The molecular formula is C15H21N. The molecule has 0 heterocycles. The molecule has 0 amide bonds. The van der Waals surface area contributed by atoms with Crippen LogP contribution in [0, 0.1) is 5.41 Å². The van der Waals surface area contributed by atoms with Gasteiger partial charge in [-0.3, -0.25) is 0 Å². The predicted molar refractivity (Wildman–Crippen MR) is 67.4 cm³/mol. The van der Waals surface area contributed by atoms with Gasteiger partial charge in [-0.15, -0.1) is 0 Å². The highest BCUT2D eigenvalue weighted by molar-refractivity contribution is 5.36. The molecule has 16 heavy (non-hydrogen) atoms. The SMILES string of the molecule is CC1(C(N)c2ccc3c(c2)CCCC3)CC1. The summed E-state index contributed by atoms with van der Waals surface area (Å²) >= 11 is 0. The first-order valence-corrected chi connectivity index (χ1v) is 6.56. The van der Waals surface area contributed by atoms with E-state index in [1.54, 1.807) is 11.1 Å². The number of nitrogens with two attached hydrogens (primary N) is 1. The van der Waals surface area contributed by atoms with Crippen LogP contribution in [-0.4, -0.2) is 0 Å². The molecule has 86 valence electrons. The third-order valence-corrected chi connectivity index (χ3v) is 4.52. The molecule has 1 aromatic rings. The molecule has 1 heteroatoms. The molecule has 0 saturated heterocycles. The van der Waals surface area contributed by atoms with Crippen molar-refractivity contribution >= 4 is 0 Å². The first-order valence-electron chi connectivity index (χ1n) is 6.56. The molecule has 0 radical (unpaired) electrons. The smallest absolute Gasteiger partial charge is 0.0349 e. The van der Waals surface area contributed by atoms with E-state index in [1.165, 1.54) is 44.1 Å². The van der Waals surface area contributed by atoms with Crippen molar-refractivity contribution in [2.45, 2.75) is 51.5 Å². The zero-order chi connectivity index (χ0) is 11.2. The Morgan fingerprint density at radius 1 is 1.12 bits per heavy atom. The number of benzene rings is 1. The minimum Gasteiger partial charge on any atom is -0.323 e. The summed E-state index contributed by atoms with van der Waals surface area (Å²) in [6.45, 7) is 2.32. The maximum Gasteiger partial charge on any atom is 0.0349 e. The number of hydrogen-bond donors (Lipinski definition) is 1. The van der Waals surface area contributed by atoms with E-state index in [4.69, 9.17) is 5.73 Å². The van der Waals surface area contributed by atoms with Crippen LogP contribution in [-0.2, 0) is 12.8 Å². The van der Waals surface area contributed by atoms with Gasteiger partial charge in [-0.05, 0) is 60.6 Å². The lowest BCUT2D eigenvalue weighted by atomic mass is 9.86. The minimum atomic E-state index is 0.250. The Morgan fingerprint density at radius 2 is 1.81 bits per heavy atom. The van der Waals surface area contributed by atoms with Crippen LogP contribution >= 0.6 is 0 Å². The van der Waals surface area contributed by atoms with Crippen LogP contribution < -0.4 is 5.73 Å². The van der Waals surface area contributed by atoms with Crippen molar-refractivity contribution in [3.63, 3.8) is 0 Å². The van der Waals surface area contributed by atoms with Gasteiger partial charge in [-0.2, -0.15) is 0 Å². The van der Waals surface area contributed by atoms with Crippen LogP contribution in [0.25, 0.3) is 0 Å². The molecule has 1 aromatic carbocycles. The summed E-state index contributed by atoms with van der Waals surface area (Å²) in [4.78, 5) is 0. The Hall–Kier alpha value is -0.820. The lowest BCUT2D eigenvalue weighted by Crippen LogP contribution is -2.20. The molecule has 0 aliphatic heterocycles. The third-order valence-electron chi connectivity index (χ3n) is 4.52. The highest BCUT2D eigenvalue weighted by Crippen LogP contribution is 2.53. The molecule has 1 atom stereocenters. The maximum absolute atomic E-state index is 6.37. The number of aryl methyl sites for hydroxylation is 2. The van der Waals surface area contributed by atoms with E-state index >= 15 is 0 Å². The summed E-state index contributed by atoms with van der Waals surface area (Å²) in [5.74, 6) is 0. The van der Waals surface area contributed by atoms with Crippen LogP contribution in [0.15, 0.2) is 18.2 Å². The standard InChI is InChI=1S/C15H21N/c1-15(8-9-15)14(16)13-7-6-11-4-2-3-5-12(11)10-13/h6-7,10,14H,2-5,8-9,16H2,1H3. The van der Waals surface area contributed by atoms with Crippen molar-refractivity contribution in [2.75, 3.05) is 0 Å². The normalized spacial score (nSPS) is 23.6. The van der Waals surface area contributed by atoms with E-state index in [1.807, 2.05) is 0 Å². The fraction of sp³-hybridized carbons (Fsp3) is 0.600. The van der Waals surface area contributed by atoms with Crippen molar-refractivity contribution in [3.05, 3.63) is 34.9 Å². The molecule has 1 saturated carbocycles. The average Bonchev–Trinajstić information content (AvgIpc) is 3.07. The van der Waals surface area contributed by atoms with Gasteiger partial charge in [0, 0.05) is 6.04 Å². The van der Waals surface area contributed by atoms with Gasteiger partial charge in [0.25, 0.3) is 0 Å². The fourth-order valence-corrected chi connectivity index (χ4v) is 2.86. The quantitative estimate of drug-likeness (QED) is 0.804. The summed E-state index contributed by atoms with van der Waals surface area (Å²) in [6.07, 6.45) is 7.82. The van der Waals surface area contributed by atoms with E-state index in [-0.39, 0.29) is 6.04 Å². The second-order valence-electron chi connectivity index (χ2n) is 5.87. The summed E-state index contributed by atoms with van der Waals surface area (Å²) in [7, 11) is 0. The van der Waals surface area contributed by atoms with Crippen molar-refractivity contribution < 1.29 is 0 Å². The second kappa shape index (κ2) is 3.59. The van der Waals surface area contributed by atoms with Crippen LogP contribution in [0.4, 0.5) is 0 Å². The van der Waals surface area contributed by atoms with Gasteiger partial charge in [0.05, 0.1) is 0 Å². The van der Waals surface area contributed by atoms with Gasteiger partial charge >= 0.3 is 0 Å². The molecular weight excluding hydrogens is 194 g/mol. The van der Waals surface area contributed by atoms with Crippen LogP contribution in [0.3, 0.4) is 0 Å². The Balaban J connectivity index is 1.90. The first kappa shape index (κ1) is 10.3. The lowest BCUT2D eigenvalue weighted by molar-refractivity contribution is 0.450. The van der Waals surface area contributed by atoms with Gasteiger partial charge in [0.15, 0.2) is 0 Å². The Bertz CT molecular complexity index is 404. The average molecular weight is 215 g/mol. The van der Waals surface area contributed by atoms with Crippen LogP contribution in [0.1, 0.15) is 55.3 Å². The molecule has 0 bridgehead atoms. The molecule has 3 rings (SSSR count). The summed E-state index contributed by atoms with van der Waals surface area (Å²) in [5, 5.41) is 0. The zero-order valence-corrected chi connectivity index (χ0v) is 10.1. The van der Waals surface area contributed by atoms with Gasteiger partial charge in [-0.1, -0.05) is 25.1 Å². The van der Waals surface area contributed by atoms with Gasteiger partial charge in [-0.25, -0.2) is 0 Å². The van der Waals surface area contributed by atoms with E-state index in [0.29, 0.717) is 5.41 Å². The van der Waals surface area contributed by atoms with Crippen molar-refractivity contribution in [2.24, 2.45) is 11.1 Å². The maximum atomic E-state index is 6.37. The Morgan fingerprint density at radius 3 is 2.50 bits per heavy atom. The number of rotatable bonds is 2. The molecule has 2 N–H and O–H groups in total. The van der Waals surface area contributed by atoms with Crippen LogP contribution in [0.2, 0.25) is 0 Å². The van der Waals surface area contributed by atoms with Crippen LogP contribution in [0.5, 0.6) is 0 Å². The Labute approximate surface area is 98.0 Å². The van der Waals surface area contributed by atoms with Crippen molar-refractivity contribution in [1.82, 2.24) is 0 Å². The van der Waals surface area contributed by atoms with E-state index in [2.05, 4.69) is 25.1 Å². The summed E-state index contributed by atoms with van der Waals surface area (Å²) in [5.41, 5.74) is 11.2. The molecule has 1 fully saturated rings. The molecule has 1 nitrogen and oxygen atoms in total. The van der Waals surface area contributed by atoms with Gasteiger partial charge in [0.1, 0.15) is 0 Å². The van der Waals surface area contributed by atoms with Gasteiger partial charge < -0.3 is 5.73 Å². The largest absolute Gasteiger partial charge is 0.323 e. The monoisotopic (exact) mass is 215 g/mol. The minimum absolute atomic E-state index is 0.250. The highest BCUT2D eigenvalue weighted by atomic mass is 14.7. The predicted octanol–water partition coefficient (Wildman–Crippen LogP) is 3.37.